The molecule has 1 amide bonds. The Labute approximate surface area is 935 Å². The molecule has 1 aliphatic heterocycles. The summed E-state index contributed by atoms with van der Waals surface area (Å²) in [6.07, 6.45) is -30.8. The van der Waals surface area contributed by atoms with Gasteiger partial charge in [0, 0.05) is 687 Å². The van der Waals surface area contributed by atoms with Gasteiger partial charge in [-0.1, -0.05) is 18.4 Å². The van der Waals surface area contributed by atoms with E-state index in [4.69, 9.17) is 242 Å². The van der Waals surface area contributed by atoms with Crippen molar-refractivity contribution in [1.29, 1.82) is 0 Å². The standard InChI is InChI=1S/C58H4.C18H24N4O2.C6H8N2O2.B58/c1-3-5-7-9-11-13-15-17-19-21-23-25-27-29-31-33-35-37-39-41-43-45-47-49-51-53-55-57-58-56-54-52-50-48-46-44-42-40-38-36-34-32-30-28-26-24-22-20-18-16-14-12-10-8-6-4-2;1-4-18(23)21(3)15-5-6-17-16(11-15)22(9-10-24-17)8-7-14-12-20(2)13-19-14;1-8-3-5(7-4-8)2-6(9)10;1-31(2)46(32(3)4)53(45(29)30)57(54(47(33(5)6)34(7)8)48(35(9)10)36(11)12)58(55(49(37(13)14)38(15)16)50(39(17)18)40(19)20)56(51(41(21)22)42(23)24)52(43(25)26)44(27)28/h1-2H2;5-6,11-13H,4,7-10H2,1-3H3;3-4H,2H2,1H3,(H,9,10);. The van der Waals surface area contributed by atoms with Crippen molar-refractivity contribution < 1.29 is 19.4 Å². The van der Waals surface area contributed by atoms with E-state index in [2.05, 4.69) is 349 Å². The molecule has 60 radical (unpaired) electrons. The lowest BCUT2D eigenvalue weighted by molar-refractivity contribution is -0.136. The van der Waals surface area contributed by atoms with Crippen LogP contribution in [0.3, 0.4) is 0 Å². The first-order valence-corrected chi connectivity index (χ1v) is 44.7. The van der Waals surface area contributed by atoms with Gasteiger partial charge in [0.25, 0.3) is 0 Å². The molecule has 2 aromatic heterocycles. The highest BCUT2D eigenvalue weighted by Gasteiger charge is 2.62. The number of ether oxygens (including phenoxy) is 1. The molecule has 0 spiro atoms. The Morgan fingerprint density at radius 1 is 0.320 bits per heavy atom. The van der Waals surface area contributed by atoms with Crippen molar-refractivity contribution in [2.75, 3.05) is 36.5 Å². The van der Waals surface area contributed by atoms with Crippen LogP contribution in [0.2, 0.25) is 0 Å². The van der Waals surface area contributed by atoms with Crippen molar-refractivity contribution in [1.82, 2.24) is 19.1 Å². The number of carboxylic acids is 1. The van der Waals surface area contributed by atoms with Gasteiger partial charge in [-0.15, -0.1) is 0 Å². The van der Waals surface area contributed by atoms with Crippen LogP contribution in [0, 0.1) is 0 Å². The zero-order chi connectivity index (χ0) is 112. The van der Waals surface area contributed by atoms with Crippen LogP contribution in [0.25, 0.3) is 0 Å². The first-order chi connectivity index (χ1) is 71.5. The average molecular weight is 1800 g/mol. The van der Waals surface area contributed by atoms with Crippen LogP contribution in [0.1, 0.15) is 24.7 Å². The zero-order valence-electron chi connectivity index (χ0n) is 83.0. The Morgan fingerprint density at radius 2 is 0.520 bits per heavy atom. The Balaban J connectivity index is 0.00000114. The fourth-order valence-electron chi connectivity index (χ4n) is 15.4. The average Bonchev–Trinajstić information content (AvgIpc) is 0.888. The van der Waals surface area contributed by atoms with Gasteiger partial charge in [0.2, 0.25) is 5.91 Å². The largest absolute Gasteiger partial charge is 0.490 e. The molecule has 68 heteroatoms. The number of carbonyl (C=O) groups excluding carboxylic acids is 1. The second kappa shape index (κ2) is 80.3. The lowest BCUT2D eigenvalue weighted by atomic mass is 8.23. The second-order valence-corrected chi connectivity index (χ2v) is 31.4. The van der Waals surface area contributed by atoms with Crippen LogP contribution in [-0.2, 0) is 36.5 Å². The summed E-state index contributed by atoms with van der Waals surface area (Å²) in [6.45, 7) is 10.9. The predicted octanol–water partition coefficient (Wildman–Crippen LogP) is -10.3. The smallest absolute Gasteiger partial charge is 0.309 e. The van der Waals surface area contributed by atoms with E-state index in [1.54, 1.807) is 29.0 Å². The third kappa shape index (κ3) is 55.2. The molecule has 0 saturated heterocycles. The lowest BCUT2D eigenvalue weighted by Crippen LogP contribution is -2.96. The van der Waals surface area contributed by atoms with E-state index in [0.717, 1.165) is 42.3 Å². The maximum Gasteiger partial charge on any atom is 0.309 e. The summed E-state index contributed by atoms with van der Waals surface area (Å²) in [5.41, 5.74) is 143. The number of carbonyl (C=O) groups is 2. The van der Waals surface area contributed by atoms with Gasteiger partial charge in [0.15, 0.2) is 0 Å². The molecule has 10 nitrogen and oxygen atoms in total. The highest BCUT2D eigenvalue weighted by Crippen LogP contribution is 2.36. The number of amides is 1. The van der Waals surface area contributed by atoms with E-state index >= 15 is 0 Å². The number of rotatable bonds is 34. The van der Waals surface area contributed by atoms with Gasteiger partial charge in [-0.05, 0) is 123 Å². The number of fused-ring (bicyclic) bond motifs is 1. The Morgan fingerprint density at radius 3 is 0.713 bits per heavy atom. The van der Waals surface area contributed by atoms with Crippen molar-refractivity contribution in [3.63, 3.8) is 0 Å². The number of anilines is 2. The number of hydrogen-bond acceptors (Lipinski definition) is 6. The number of benzene rings is 1. The number of nitrogens with zero attached hydrogens (tertiary/aromatic N) is 6. The summed E-state index contributed by atoms with van der Waals surface area (Å²) in [5.74, 6) is 0.133. The number of hydrogen-bond donors (Lipinski definition) is 1. The fraction of sp³-hybridized carbons (Fsp3) is 0.122. The number of carboxylic acid groups (broad SMARTS) is 1. The maximum atomic E-state index is 11.9. The van der Waals surface area contributed by atoms with E-state index in [9.17, 15) is 9.59 Å². The maximum absolute atomic E-state index is 11.9. The zero-order valence-corrected chi connectivity index (χ0v) is 83.0. The van der Waals surface area contributed by atoms with Crippen LogP contribution >= 0.6 is 0 Å². The third-order valence-corrected chi connectivity index (χ3v) is 20.9. The summed E-state index contributed by atoms with van der Waals surface area (Å²) >= 11 is 0. The van der Waals surface area contributed by atoms with Gasteiger partial charge in [-0.25, -0.2) is 9.97 Å². The minimum absolute atomic E-state index is 0.000833. The fourth-order valence-corrected chi connectivity index (χ4v) is 15.4. The first kappa shape index (κ1) is 135. The highest BCUT2D eigenvalue weighted by molar-refractivity contribution is 8.37. The summed E-state index contributed by atoms with van der Waals surface area (Å²) in [4.78, 5) is 34.3. The van der Waals surface area contributed by atoms with E-state index in [-0.39, 0.29) is 12.3 Å². The summed E-state index contributed by atoms with van der Waals surface area (Å²) in [6, 6.07) is 5.94. The molecule has 3 heterocycles. The minimum Gasteiger partial charge on any atom is -0.490 e. The number of aromatic nitrogens is 4. The van der Waals surface area contributed by atoms with Gasteiger partial charge in [0.1, 0.15) is 12.4 Å². The van der Waals surface area contributed by atoms with Crippen molar-refractivity contribution in [2.45, 2.75) is 26.2 Å². The molecule has 0 bridgehead atoms. The second-order valence-electron chi connectivity index (χ2n) is 31.4. The van der Waals surface area contributed by atoms with Gasteiger partial charge in [-0.2, -0.15) is 0 Å². The van der Waals surface area contributed by atoms with Crippen molar-refractivity contribution in [3.8, 4) is 5.75 Å². The normalized spacial score (nSPS) is 8.07. The molecular formula is C82H36B58N6O4. The SMILES string of the molecule is C=C=C=C=C=C=C=C=C=C=C=C=C=C=C=C=C=C=C=C=C=C=C=C=C=C=C=C=C=C=C=C=C=C=C=C=C=C=C=C=C=C=C=C=C=C=C=C=C=C=C=C=C=C=C=C=C=C.CCC(=O)N(C)c1ccc2c(c1)N(CCc1cn(C)cn1)CCO2.Cn1cnc(CC(=O)O)c1.[B]B([B])B(B([B])[B])B(B([B])[B])B(B(B(B([B])[B])B([B])[B])B(B([B])[B])B([B])[B])B(B(B(B([B])[B])B([B])[B])B(B([B])[B])B([B])[B])B(B(B([B])[B])B([B])[B])B(B([B])[B])B([B])[B]. The van der Waals surface area contributed by atoms with Crippen molar-refractivity contribution in [2.24, 2.45) is 14.1 Å². The Bertz CT molecular complexity index is 7220. The molecule has 150 heavy (non-hydrogen) atoms. The van der Waals surface area contributed by atoms with Gasteiger partial charge in [-0.3, -0.25) is 9.59 Å². The number of aryl methyl sites for hydroxylation is 2. The van der Waals surface area contributed by atoms with Gasteiger partial charge in [0.05, 0.1) is 42.7 Å². The molecule has 1 aliphatic rings. The summed E-state index contributed by atoms with van der Waals surface area (Å²) in [7, 11) is 202. The van der Waals surface area contributed by atoms with Gasteiger partial charge >= 0.3 is 5.97 Å². The lowest BCUT2D eigenvalue weighted by Gasteiger charge is -2.58. The van der Waals surface area contributed by atoms with Gasteiger partial charge < -0.3 is 28.8 Å². The van der Waals surface area contributed by atoms with Crippen molar-refractivity contribution in [3.05, 3.63) is 389 Å². The quantitative estimate of drug-likeness (QED) is 0.0469. The number of aliphatic carboxylic acids is 1. The topological polar surface area (TPSA) is 106 Å². The minimum atomic E-state index is -1.53. The Hall–Kier alpha value is -12.6. The first-order valence-electron chi connectivity index (χ1n) is 44.7. The van der Waals surface area contributed by atoms with E-state index in [0.29, 0.717) is 18.7 Å². The molecule has 3 aromatic rings. The van der Waals surface area contributed by atoms with E-state index in [1.165, 1.54) is 0 Å². The molecule has 0 aliphatic carbocycles. The van der Waals surface area contributed by atoms with Crippen LogP contribution < -0.4 is 14.5 Å². The van der Waals surface area contributed by atoms with Crippen LogP contribution in [-0.4, -0.2) is 474 Å². The molecule has 1 aromatic carbocycles. The summed E-state index contributed by atoms with van der Waals surface area (Å²) in [5, 5.41) is 8.33. The predicted molar refractivity (Wildman–Crippen MR) is 671 cm³/mol. The molecule has 592 valence electrons. The molecule has 0 atom stereocenters. The molecule has 1 N–H and O–H groups in total. The highest BCUT2D eigenvalue weighted by atomic mass is 16.5. The molecule has 0 unspecified atom stereocenters. The molecule has 0 fully saturated rings. The van der Waals surface area contributed by atoms with Crippen LogP contribution in [0.4, 0.5) is 11.4 Å². The molecular weight excluding hydrogens is 1760 g/mol. The third-order valence-electron chi connectivity index (χ3n) is 20.9. The van der Waals surface area contributed by atoms with E-state index in [1.807, 2.05) is 56.3 Å². The summed E-state index contributed by atoms with van der Waals surface area (Å²) < 4.78 is 9.45. The Kier molecular flexibility index (Phi) is 72.5. The van der Waals surface area contributed by atoms with E-state index < -0.39 is 185 Å². The monoisotopic (exact) mass is 1810 g/mol. The van der Waals surface area contributed by atoms with Crippen LogP contribution in [0.5, 0.6) is 5.75 Å². The number of imidazole rings is 2. The molecule has 0 saturated carbocycles. The van der Waals surface area contributed by atoms with Crippen LogP contribution in [0.15, 0.2) is 377 Å². The van der Waals surface area contributed by atoms with Crippen molar-refractivity contribution >= 4 is 434 Å². The molecule has 4 rings (SSSR count).